The standard InChI is InChI=1S/C23H21N3OS/c1-14-24-12-17(13-25-14)16-5-7-19-20(10-16)26(22(27)23(19,2)3)18-6-4-15-8-9-28-21(15)11-18/h4-6,8-13,19H,7H2,1-3H3. The lowest BCUT2D eigenvalue weighted by Crippen LogP contribution is -2.31. The molecule has 1 amide bonds. The van der Waals surface area contributed by atoms with Crippen LogP contribution in [0.1, 0.15) is 31.7 Å². The fraction of sp³-hybridized carbons (Fsp3) is 0.261. The minimum Gasteiger partial charge on any atom is -0.284 e. The summed E-state index contributed by atoms with van der Waals surface area (Å²) in [6.07, 6.45) is 8.91. The van der Waals surface area contributed by atoms with Crippen LogP contribution < -0.4 is 4.90 Å². The molecule has 0 saturated carbocycles. The average Bonchev–Trinajstić information content (AvgIpc) is 3.23. The highest BCUT2D eigenvalue weighted by Gasteiger charge is 2.51. The van der Waals surface area contributed by atoms with Gasteiger partial charge in [0.2, 0.25) is 5.91 Å². The minimum absolute atomic E-state index is 0.162. The van der Waals surface area contributed by atoms with Gasteiger partial charge in [-0.05, 0) is 54.0 Å². The first-order valence-electron chi connectivity index (χ1n) is 9.48. The lowest BCUT2D eigenvalue weighted by atomic mass is 9.75. The summed E-state index contributed by atoms with van der Waals surface area (Å²) < 4.78 is 1.20. The molecule has 5 rings (SSSR count). The fourth-order valence-electron chi connectivity index (χ4n) is 4.22. The molecule has 140 valence electrons. The number of amides is 1. The van der Waals surface area contributed by atoms with Crippen molar-refractivity contribution in [3.63, 3.8) is 0 Å². The maximum Gasteiger partial charge on any atom is 0.237 e. The average molecular weight is 388 g/mol. The maximum absolute atomic E-state index is 13.4. The Morgan fingerprint density at radius 1 is 1.18 bits per heavy atom. The molecule has 0 N–H and O–H groups in total. The van der Waals surface area contributed by atoms with Gasteiger partial charge in [-0.15, -0.1) is 11.3 Å². The van der Waals surface area contributed by atoms with Crippen molar-refractivity contribution in [1.82, 2.24) is 9.97 Å². The Morgan fingerprint density at radius 2 is 1.96 bits per heavy atom. The van der Waals surface area contributed by atoms with Gasteiger partial charge >= 0.3 is 0 Å². The van der Waals surface area contributed by atoms with Crippen LogP contribution >= 0.6 is 11.3 Å². The van der Waals surface area contributed by atoms with E-state index >= 15 is 0 Å². The van der Waals surface area contributed by atoms with E-state index in [1.165, 1.54) is 10.1 Å². The van der Waals surface area contributed by atoms with Crippen molar-refractivity contribution >= 4 is 38.6 Å². The molecule has 1 aliphatic carbocycles. The van der Waals surface area contributed by atoms with Crippen LogP contribution in [0.15, 0.2) is 59.9 Å². The molecule has 1 aliphatic heterocycles. The SMILES string of the molecule is Cc1ncc(C2=CCC3C(=C2)N(c2ccc4ccsc4c2)C(=O)C3(C)C)cn1. The largest absolute Gasteiger partial charge is 0.284 e. The summed E-state index contributed by atoms with van der Waals surface area (Å²) in [5.74, 6) is 1.09. The summed E-state index contributed by atoms with van der Waals surface area (Å²) in [4.78, 5) is 24.0. The molecule has 0 spiro atoms. The second kappa shape index (κ2) is 6.11. The quantitative estimate of drug-likeness (QED) is 0.595. The molecule has 1 atom stereocenters. The van der Waals surface area contributed by atoms with E-state index in [4.69, 9.17) is 0 Å². The van der Waals surface area contributed by atoms with Gasteiger partial charge in [-0.25, -0.2) is 9.97 Å². The van der Waals surface area contributed by atoms with Crippen LogP contribution in [0.3, 0.4) is 0 Å². The molecular weight excluding hydrogens is 366 g/mol. The number of carbonyl (C=O) groups excluding carboxylic acids is 1. The molecule has 1 fully saturated rings. The van der Waals surface area contributed by atoms with Gasteiger partial charge in [-0.1, -0.05) is 26.0 Å². The zero-order valence-corrected chi connectivity index (χ0v) is 17.0. The summed E-state index contributed by atoms with van der Waals surface area (Å²) >= 11 is 1.70. The first-order chi connectivity index (χ1) is 13.4. The lowest BCUT2D eigenvalue weighted by molar-refractivity contribution is -0.125. The van der Waals surface area contributed by atoms with E-state index in [1.54, 1.807) is 11.3 Å². The van der Waals surface area contributed by atoms with Gasteiger partial charge in [-0.3, -0.25) is 9.69 Å². The number of fused-ring (bicyclic) bond motifs is 2. The second-order valence-electron chi connectivity index (χ2n) is 8.04. The molecule has 4 nitrogen and oxygen atoms in total. The molecule has 1 aromatic carbocycles. The Morgan fingerprint density at radius 3 is 2.75 bits per heavy atom. The Labute approximate surface area is 168 Å². The summed E-state index contributed by atoms with van der Waals surface area (Å²) in [7, 11) is 0. The van der Waals surface area contributed by atoms with E-state index in [9.17, 15) is 4.79 Å². The monoisotopic (exact) mass is 387 g/mol. The van der Waals surface area contributed by atoms with Crippen LogP contribution in [0.2, 0.25) is 0 Å². The predicted octanol–water partition coefficient (Wildman–Crippen LogP) is 5.36. The van der Waals surface area contributed by atoms with Crippen molar-refractivity contribution in [2.75, 3.05) is 4.90 Å². The molecule has 1 unspecified atom stereocenters. The normalized spacial score (nSPS) is 20.9. The van der Waals surface area contributed by atoms with Crippen molar-refractivity contribution < 1.29 is 4.79 Å². The molecule has 3 heterocycles. The number of carbonyl (C=O) groups is 1. The smallest absolute Gasteiger partial charge is 0.237 e. The number of allylic oxidation sites excluding steroid dienone is 4. The van der Waals surface area contributed by atoms with E-state index in [0.29, 0.717) is 0 Å². The molecule has 0 bridgehead atoms. The van der Waals surface area contributed by atoms with Crippen molar-refractivity contribution in [2.45, 2.75) is 27.2 Å². The zero-order valence-electron chi connectivity index (χ0n) is 16.1. The Hall–Kier alpha value is -2.79. The predicted molar refractivity (Wildman–Crippen MR) is 114 cm³/mol. The highest BCUT2D eigenvalue weighted by atomic mass is 32.1. The number of anilines is 1. The van der Waals surface area contributed by atoms with E-state index < -0.39 is 5.41 Å². The number of thiophene rings is 1. The van der Waals surface area contributed by atoms with Crippen LogP contribution in [0, 0.1) is 18.3 Å². The molecule has 0 radical (unpaired) electrons. The van der Waals surface area contributed by atoms with Crippen LogP contribution in [0.4, 0.5) is 5.69 Å². The number of aryl methyl sites for hydroxylation is 1. The summed E-state index contributed by atoms with van der Waals surface area (Å²) in [6, 6.07) is 8.40. The van der Waals surface area contributed by atoms with E-state index in [1.807, 2.05) is 24.2 Å². The molecule has 3 aromatic rings. The van der Waals surface area contributed by atoms with Crippen LogP contribution in [-0.4, -0.2) is 15.9 Å². The number of hydrogen-bond donors (Lipinski definition) is 0. The molecule has 2 aliphatic rings. The lowest BCUT2D eigenvalue weighted by Gasteiger charge is -2.26. The Balaban J connectivity index is 1.62. The maximum atomic E-state index is 13.4. The van der Waals surface area contributed by atoms with E-state index in [2.05, 4.69) is 65.6 Å². The molecule has 2 aromatic heterocycles. The highest BCUT2D eigenvalue weighted by Crippen LogP contribution is 2.50. The van der Waals surface area contributed by atoms with Gasteiger partial charge < -0.3 is 0 Å². The number of benzene rings is 1. The van der Waals surface area contributed by atoms with Crippen molar-refractivity contribution in [1.29, 1.82) is 0 Å². The highest BCUT2D eigenvalue weighted by molar-refractivity contribution is 7.17. The number of rotatable bonds is 2. The first kappa shape index (κ1) is 17.3. The van der Waals surface area contributed by atoms with E-state index in [0.717, 1.165) is 34.8 Å². The molecular formula is C23H21N3OS. The van der Waals surface area contributed by atoms with Gasteiger partial charge in [-0.2, -0.15) is 0 Å². The number of nitrogens with zero attached hydrogens (tertiary/aromatic N) is 3. The van der Waals surface area contributed by atoms with Gasteiger partial charge in [0.15, 0.2) is 0 Å². The minimum atomic E-state index is -0.429. The molecule has 5 heteroatoms. The van der Waals surface area contributed by atoms with Crippen molar-refractivity contribution in [3.8, 4) is 0 Å². The van der Waals surface area contributed by atoms with Crippen molar-refractivity contribution in [3.05, 3.63) is 71.3 Å². The topological polar surface area (TPSA) is 46.1 Å². The Bertz CT molecular complexity index is 1150. The summed E-state index contributed by atoms with van der Waals surface area (Å²) in [5.41, 5.74) is 3.66. The first-order valence-corrected chi connectivity index (χ1v) is 10.4. The van der Waals surface area contributed by atoms with Gasteiger partial charge in [0.05, 0.1) is 11.1 Å². The summed E-state index contributed by atoms with van der Waals surface area (Å²) in [5, 5.41) is 3.30. The third kappa shape index (κ3) is 2.53. The van der Waals surface area contributed by atoms with E-state index in [-0.39, 0.29) is 11.8 Å². The summed E-state index contributed by atoms with van der Waals surface area (Å²) in [6.45, 7) is 6.00. The zero-order chi connectivity index (χ0) is 19.5. The molecule has 1 saturated heterocycles. The molecule has 28 heavy (non-hydrogen) atoms. The van der Waals surface area contributed by atoms with Crippen LogP contribution in [0.5, 0.6) is 0 Å². The van der Waals surface area contributed by atoms with Gasteiger partial charge in [0, 0.05) is 34.3 Å². The van der Waals surface area contributed by atoms with Crippen LogP contribution in [-0.2, 0) is 4.79 Å². The van der Waals surface area contributed by atoms with Gasteiger partial charge in [0.1, 0.15) is 5.82 Å². The second-order valence-corrected chi connectivity index (χ2v) is 8.99. The van der Waals surface area contributed by atoms with Crippen molar-refractivity contribution in [2.24, 2.45) is 11.3 Å². The number of hydrogen-bond acceptors (Lipinski definition) is 4. The van der Waals surface area contributed by atoms with Crippen LogP contribution in [0.25, 0.3) is 15.7 Å². The Kier molecular flexibility index (Phi) is 3.78. The third-order valence-corrected chi connectivity index (χ3v) is 6.81. The number of aromatic nitrogens is 2. The van der Waals surface area contributed by atoms with Gasteiger partial charge in [0.25, 0.3) is 0 Å². The fourth-order valence-corrected chi connectivity index (χ4v) is 5.04. The third-order valence-electron chi connectivity index (χ3n) is 5.93.